The molecule has 1 heterocycles. The lowest BCUT2D eigenvalue weighted by Crippen LogP contribution is -2.72. The van der Waals surface area contributed by atoms with Gasteiger partial charge in [0.1, 0.15) is 0 Å². The summed E-state index contributed by atoms with van der Waals surface area (Å²) in [5.74, 6) is 0. The fourth-order valence-electron chi connectivity index (χ4n) is 3.27. The average Bonchev–Trinajstić information content (AvgIpc) is 2.37. The molecule has 0 saturated heterocycles. The van der Waals surface area contributed by atoms with Crippen LogP contribution in [0.15, 0.2) is 45.3 Å². The summed E-state index contributed by atoms with van der Waals surface area (Å²) in [6, 6.07) is 13.5. The van der Waals surface area contributed by atoms with Gasteiger partial charge in [-0.15, -0.1) is 0 Å². The molecule has 0 bridgehead atoms. The highest BCUT2D eigenvalue weighted by molar-refractivity contribution is 9.11. The van der Waals surface area contributed by atoms with Crippen molar-refractivity contribution >= 4 is 57.4 Å². The molecular formula is C16H18Br2Si2. The number of hydrogen-bond donors (Lipinski definition) is 0. The molecule has 1 aliphatic heterocycles. The Morgan fingerprint density at radius 2 is 1.00 bits per heavy atom. The highest BCUT2D eigenvalue weighted by Crippen LogP contribution is 2.39. The van der Waals surface area contributed by atoms with Gasteiger partial charge in [0.05, 0.1) is 15.2 Å². The third-order valence-corrected chi connectivity index (χ3v) is 24.2. The van der Waals surface area contributed by atoms with Crippen LogP contribution in [0.4, 0.5) is 0 Å². The first kappa shape index (κ1) is 14.8. The van der Waals surface area contributed by atoms with Gasteiger partial charge in [-0.25, -0.2) is 0 Å². The Morgan fingerprint density at radius 1 is 0.650 bits per heavy atom. The van der Waals surface area contributed by atoms with Crippen molar-refractivity contribution in [3.63, 3.8) is 0 Å². The Balaban J connectivity index is 2.52. The van der Waals surface area contributed by atoms with Crippen molar-refractivity contribution in [3.05, 3.63) is 45.3 Å². The first-order valence-electron chi connectivity index (χ1n) is 6.87. The lowest BCUT2D eigenvalue weighted by atomic mass is 10.1. The molecule has 0 saturated carbocycles. The van der Waals surface area contributed by atoms with Crippen molar-refractivity contribution in [1.29, 1.82) is 0 Å². The second kappa shape index (κ2) is 4.66. The summed E-state index contributed by atoms with van der Waals surface area (Å²) in [4.78, 5) is 0. The zero-order valence-corrected chi connectivity index (χ0v) is 17.4. The molecule has 0 amide bonds. The van der Waals surface area contributed by atoms with Gasteiger partial charge >= 0.3 is 0 Å². The molecule has 3 rings (SSSR count). The molecule has 104 valence electrons. The van der Waals surface area contributed by atoms with E-state index in [1.165, 1.54) is 20.1 Å². The molecule has 0 nitrogen and oxygen atoms in total. The molecule has 2 aromatic carbocycles. The lowest BCUT2D eigenvalue weighted by molar-refractivity contribution is 1.56. The summed E-state index contributed by atoms with van der Waals surface area (Å²) in [5.41, 5.74) is 2.86. The summed E-state index contributed by atoms with van der Waals surface area (Å²) in [7, 11) is -2.91. The molecule has 0 fully saturated rings. The molecule has 0 radical (unpaired) electrons. The topological polar surface area (TPSA) is 0 Å². The van der Waals surface area contributed by atoms with Crippen LogP contribution >= 0.6 is 31.9 Å². The molecule has 4 heteroatoms. The summed E-state index contributed by atoms with van der Waals surface area (Å²) >= 11 is 7.58. The number of rotatable bonds is 0. The van der Waals surface area contributed by atoms with Gasteiger partial charge < -0.3 is 0 Å². The third kappa shape index (κ3) is 1.81. The van der Waals surface area contributed by atoms with Gasteiger partial charge in [0.25, 0.3) is 0 Å². The molecule has 20 heavy (non-hydrogen) atoms. The van der Waals surface area contributed by atoms with Crippen LogP contribution in [-0.2, 0) is 0 Å². The first-order chi connectivity index (χ1) is 9.28. The highest BCUT2D eigenvalue weighted by atomic mass is 79.9. The van der Waals surface area contributed by atoms with E-state index in [0.717, 1.165) is 0 Å². The highest BCUT2D eigenvalue weighted by Gasteiger charge is 2.49. The minimum Gasteiger partial charge on any atom is -0.0671 e. The summed E-state index contributed by atoms with van der Waals surface area (Å²) in [6.07, 6.45) is 0. The maximum atomic E-state index is 3.79. The van der Waals surface area contributed by atoms with Gasteiger partial charge in [0.2, 0.25) is 0 Å². The van der Waals surface area contributed by atoms with E-state index in [-0.39, 0.29) is 0 Å². The van der Waals surface area contributed by atoms with E-state index >= 15 is 0 Å². The molecule has 0 N–H and O–H groups in total. The standard InChI is InChI=1S/C16H18Br2Si2/c1-19(2)13-9-5-7-11(17)15(13)16-12(18)8-6-10-14(16)20(19,3)4/h5-10H,1-4H3. The molecule has 0 aromatic heterocycles. The second-order valence-electron chi connectivity index (χ2n) is 6.57. The number of hydrogen-bond acceptors (Lipinski definition) is 0. The average molecular weight is 426 g/mol. The minimum atomic E-state index is -1.46. The predicted octanol–water partition coefficient (Wildman–Crippen LogP) is 4.80. The smallest absolute Gasteiger partial charge is 0.0671 e. The third-order valence-electron chi connectivity index (χ3n) is 5.19. The van der Waals surface area contributed by atoms with Crippen LogP contribution in [0.2, 0.25) is 26.2 Å². The Hall–Kier alpha value is -0.166. The van der Waals surface area contributed by atoms with Crippen molar-refractivity contribution in [2.75, 3.05) is 0 Å². The Labute approximate surface area is 139 Å². The van der Waals surface area contributed by atoms with Crippen molar-refractivity contribution in [1.82, 2.24) is 0 Å². The van der Waals surface area contributed by atoms with Gasteiger partial charge in [0, 0.05) is 8.95 Å². The summed E-state index contributed by atoms with van der Waals surface area (Å²) < 4.78 is 2.46. The van der Waals surface area contributed by atoms with E-state index in [2.05, 4.69) is 94.4 Å². The van der Waals surface area contributed by atoms with Gasteiger partial charge in [-0.05, 0) is 23.3 Å². The van der Waals surface area contributed by atoms with E-state index in [0.29, 0.717) is 0 Å². The number of halogens is 2. The SMILES string of the molecule is C[Si]1(C)c2cccc(Br)c2-c2c(Br)cccc2[Si]1(C)C. The predicted molar refractivity (Wildman–Crippen MR) is 102 cm³/mol. The molecular weight excluding hydrogens is 408 g/mol. The maximum absolute atomic E-state index is 3.79. The van der Waals surface area contributed by atoms with Crippen molar-refractivity contribution in [2.24, 2.45) is 0 Å². The lowest BCUT2D eigenvalue weighted by Gasteiger charge is -2.46. The molecule has 0 aliphatic carbocycles. The van der Waals surface area contributed by atoms with Gasteiger partial charge in [0.15, 0.2) is 0 Å². The maximum Gasteiger partial charge on any atom is 0.0800 e. The zero-order valence-electron chi connectivity index (χ0n) is 12.2. The molecule has 2 aromatic rings. The Morgan fingerprint density at radius 3 is 1.35 bits per heavy atom. The van der Waals surface area contributed by atoms with Crippen molar-refractivity contribution in [3.8, 4) is 11.1 Å². The largest absolute Gasteiger partial charge is 0.0800 e. The van der Waals surface area contributed by atoms with E-state index in [1.807, 2.05) is 0 Å². The van der Waals surface area contributed by atoms with Crippen LogP contribution in [0, 0.1) is 0 Å². The minimum absolute atomic E-state index is 1.23. The van der Waals surface area contributed by atoms with Crippen LogP contribution in [0.3, 0.4) is 0 Å². The van der Waals surface area contributed by atoms with Crippen LogP contribution in [0.5, 0.6) is 0 Å². The van der Waals surface area contributed by atoms with E-state index in [4.69, 9.17) is 0 Å². The molecule has 0 atom stereocenters. The fourth-order valence-corrected chi connectivity index (χ4v) is 14.2. The van der Waals surface area contributed by atoms with Gasteiger partial charge in [-0.1, -0.05) is 92.7 Å². The van der Waals surface area contributed by atoms with E-state index in [1.54, 1.807) is 10.4 Å². The Bertz CT molecular complexity index is 644. The Kier molecular flexibility index (Phi) is 3.44. The second-order valence-corrected chi connectivity index (χ2v) is 23.4. The van der Waals surface area contributed by atoms with E-state index in [9.17, 15) is 0 Å². The van der Waals surface area contributed by atoms with Gasteiger partial charge in [-0.2, -0.15) is 0 Å². The number of fused-ring (bicyclic) bond motifs is 3. The molecule has 1 aliphatic rings. The number of benzene rings is 2. The van der Waals surface area contributed by atoms with Gasteiger partial charge in [-0.3, -0.25) is 0 Å². The van der Waals surface area contributed by atoms with Crippen LogP contribution < -0.4 is 10.4 Å². The quantitative estimate of drug-likeness (QED) is 0.531. The van der Waals surface area contributed by atoms with Crippen LogP contribution in [0.1, 0.15) is 0 Å². The normalized spacial score (nSPS) is 18.3. The fraction of sp³-hybridized carbons (Fsp3) is 0.250. The summed E-state index contributed by atoms with van der Waals surface area (Å²) in [6.45, 7) is 10.2. The van der Waals surface area contributed by atoms with Crippen molar-refractivity contribution < 1.29 is 0 Å². The van der Waals surface area contributed by atoms with Crippen LogP contribution in [0.25, 0.3) is 11.1 Å². The molecule has 0 unspecified atom stereocenters. The zero-order chi connectivity index (χ0) is 14.7. The van der Waals surface area contributed by atoms with E-state index < -0.39 is 15.2 Å². The van der Waals surface area contributed by atoms with Crippen molar-refractivity contribution in [2.45, 2.75) is 26.2 Å². The van der Waals surface area contributed by atoms with Crippen LogP contribution in [-0.4, -0.2) is 15.2 Å². The summed E-state index contributed by atoms with van der Waals surface area (Å²) in [5, 5.41) is 3.23. The first-order valence-corrected chi connectivity index (χ1v) is 15.5. The monoisotopic (exact) mass is 424 g/mol. The molecule has 0 spiro atoms.